The number of benzene rings is 1. The summed E-state index contributed by atoms with van der Waals surface area (Å²) < 4.78 is 0. The van der Waals surface area contributed by atoms with Crippen molar-refractivity contribution >= 4 is 11.6 Å². The molecule has 1 N–H and O–H groups in total. The van der Waals surface area contributed by atoms with Crippen molar-refractivity contribution in [2.45, 2.75) is 12.3 Å². The van der Waals surface area contributed by atoms with E-state index in [2.05, 4.69) is 11.5 Å². The van der Waals surface area contributed by atoms with Crippen LogP contribution in [-0.2, 0) is 4.79 Å². The fourth-order valence-electron chi connectivity index (χ4n) is 2.16. The van der Waals surface area contributed by atoms with E-state index in [-0.39, 0.29) is 11.8 Å². The summed E-state index contributed by atoms with van der Waals surface area (Å²) in [5, 5.41) is 1.94. The maximum Gasteiger partial charge on any atom is 0.246 e. The number of para-hydroxylation sites is 1. The Morgan fingerprint density at radius 2 is 2.23 bits per heavy atom. The lowest BCUT2D eigenvalue weighted by molar-refractivity contribution is -0.124. The SMILES string of the molecule is O=C1NN2CCC1c1ccccc12. The number of amides is 1. The summed E-state index contributed by atoms with van der Waals surface area (Å²) in [5.41, 5.74) is 5.21. The lowest BCUT2D eigenvalue weighted by Gasteiger charge is -2.41. The van der Waals surface area contributed by atoms with E-state index in [0.29, 0.717) is 0 Å². The fourth-order valence-corrected chi connectivity index (χ4v) is 2.16. The van der Waals surface area contributed by atoms with E-state index in [1.165, 1.54) is 11.3 Å². The molecule has 3 heteroatoms. The molecule has 3 aliphatic rings. The predicted octanol–water partition coefficient (Wildman–Crippen LogP) is 1.03. The first-order chi connectivity index (χ1) is 6.36. The van der Waals surface area contributed by atoms with Crippen LogP contribution in [0.5, 0.6) is 0 Å². The lowest BCUT2D eigenvalue weighted by Crippen LogP contribution is -2.54. The Kier molecular flexibility index (Phi) is 1.20. The Labute approximate surface area is 76.3 Å². The number of hydrazine groups is 1. The van der Waals surface area contributed by atoms with Crippen molar-refractivity contribution in [3.8, 4) is 0 Å². The van der Waals surface area contributed by atoms with Gasteiger partial charge in [-0.05, 0) is 18.1 Å². The van der Waals surface area contributed by atoms with Gasteiger partial charge >= 0.3 is 0 Å². The van der Waals surface area contributed by atoms with Gasteiger partial charge in [0.15, 0.2) is 0 Å². The van der Waals surface area contributed by atoms with Gasteiger partial charge in [-0.1, -0.05) is 18.2 Å². The van der Waals surface area contributed by atoms with Gasteiger partial charge in [0.2, 0.25) is 5.91 Å². The molecule has 1 aromatic rings. The number of carbonyl (C=O) groups excluding carboxylic acids is 1. The van der Waals surface area contributed by atoms with Crippen LogP contribution in [0, 0.1) is 0 Å². The number of carbonyl (C=O) groups is 1. The smallest absolute Gasteiger partial charge is 0.246 e. The highest BCUT2D eigenvalue weighted by atomic mass is 16.2. The van der Waals surface area contributed by atoms with E-state index in [0.717, 1.165) is 13.0 Å². The van der Waals surface area contributed by atoms with E-state index in [1.54, 1.807) is 0 Å². The molecule has 0 aliphatic carbocycles. The lowest BCUT2D eigenvalue weighted by atomic mass is 9.88. The summed E-state index contributed by atoms with van der Waals surface area (Å²) in [6.07, 6.45) is 0.947. The van der Waals surface area contributed by atoms with E-state index in [4.69, 9.17) is 0 Å². The highest BCUT2D eigenvalue weighted by Gasteiger charge is 2.36. The fraction of sp³-hybridized carbons (Fsp3) is 0.300. The van der Waals surface area contributed by atoms with Crippen LogP contribution in [0.15, 0.2) is 24.3 Å². The minimum absolute atomic E-state index is 0.0844. The standard InChI is InChI=1S/C10H10N2O/c13-10-8-5-6-12(11-10)9-4-2-1-3-7(8)9/h1-4,8H,5-6H2,(H,11,13). The summed E-state index contributed by atoms with van der Waals surface area (Å²) in [6.45, 7) is 0.938. The number of hydrogen-bond donors (Lipinski definition) is 1. The molecule has 3 heterocycles. The van der Waals surface area contributed by atoms with Gasteiger partial charge in [-0.15, -0.1) is 0 Å². The average Bonchev–Trinajstić information content (AvgIpc) is 2.19. The molecule has 1 amide bonds. The summed E-state index contributed by atoms with van der Waals surface area (Å²) in [4.78, 5) is 11.5. The zero-order chi connectivity index (χ0) is 8.84. The number of nitrogens with one attached hydrogen (secondary N) is 1. The number of hydrogen-bond acceptors (Lipinski definition) is 2. The van der Waals surface area contributed by atoms with Crippen LogP contribution in [0.25, 0.3) is 0 Å². The molecule has 66 valence electrons. The third-order valence-electron chi connectivity index (χ3n) is 2.81. The Morgan fingerprint density at radius 1 is 1.38 bits per heavy atom. The maximum atomic E-state index is 11.5. The van der Waals surface area contributed by atoms with Gasteiger partial charge in [-0.3, -0.25) is 15.2 Å². The first-order valence-electron chi connectivity index (χ1n) is 4.53. The van der Waals surface area contributed by atoms with Crippen molar-refractivity contribution in [1.29, 1.82) is 0 Å². The van der Waals surface area contributed by atoms with Crippen molar-refractivity contribution in [3.05, 3.63) is 29.8 Å². The molecular formula is C10H10N2O. The number of fused-ring (bicyclic) bond motifs is 2. The first-order valence-corrected chi connectivity index (χ1v) is 4.53. The normalized spacial score (nSPS) is 24.2. The molecule has 1 saturated heterocycles. The second-order valence-electron chi connectivity index (χ2n) is 3.53. The van der Waals surface area contributed by atoms with Gasteiger partial charge in [0.1, 0.15) is 0 Å². The van der Waals surface area contributed by atoms with Gasteiger partial charge in [-0.25, -0.2) is 0 Å². The Balaban J connectivity index is 2.21. The molecule has 2 bridgehead atoms. The van der Waals surface area contributed by atoms with Gasteiger partial charge in [0.05, 0.1) is 11.6 Å². The summed E-state index contributed by atoms with van der Waals surface area (Å²) in [5.74, 6) is 0.228. The zero-order valence-corrected chi connectivity index (χ0v) is 7.16. The van der Waals surface area contributed by atoms with Crippen molar-refractivity contribution in [3.63, 3.8) is 0 Å². The summed E-state index contributed by atoms with van der Waals surface area (Å²) in [7, 11) is 0. The Hall–Kier alpha value is -1.51. The van der Waals surface area contributed by atoms with Crippen LogP contribution in [-0.4, -0.2) is 12.5 Å². The molecule has 0 spiro atoms. The molecule has 1 atom stereocenters. The summed E-state index contributed by atoms with van der Waals surface area (Å²) in [6, 6.07) is 8.10. The monoisotopic (exact) mass is 174 g/mol. The minimum atomic E-state index is 0.0844. The molecule has 1 fully saturated rings. The van der Waals surface area contributed by atoms with Crippen LogP contribution in [0.2, 0.25) is 0 Å². The molecule has 0 aromatic heterocycles. The van der Waals surface area contributed by atoms with Crippen LogP contribution < -0.4 is 10.4 Å². The number of anilines is 1. The highest BCUT2D eigenvalue weighted by molar-refractivity contribution is 5.91. The topological polar surface area (TPSA) is 32.3 Å². The van der Waals surface area contributed by atoms with Gasteiger partial charge in [0.25, 0.3) is 0 Å². The Morgan fingerprint density at radius 3 is 3.08 bits per heavy atom. The predicted molar refractivity (Wildman–Crippen MR) is 49.3 cm³/mol. The second-order valence-corrected chi connectivity index (χ2v) is 3.53. The molecular weight excluding hydrogens is 164 g/mol. The summed E-state index contributed by atoms with van der Waals surface area (Å²) >= 11 is 0. The third kappa shape index (κ3) is 0.813. The molecule has 1 aromatic carbocycles. The molecule has 4 rings (SSSR count). The molecule has 3 aliphatic heterocycles. The molecule has 13 heavy (non-hydrogen) atoms. The average molecular weight is 174 g/mol. The van der Waals surface area contributed by atoms with Gasteiger partial charge in [-0.2, -0.15) is 0 Å². The molecule has 0 radical (unpaired) electrons. The minimum Gasteiger partial charge on any atom is -0.285 e. The van der Waals surface area contributed by atoms with Crippen LogP contribution >= 0.6 is 0 Å². The van der Waals surface area contributed by atoms with Gasteiger partial charge in [0, 0.05) is 6.54 Å². The van der Waals surface area contributed by atoms with E-state index in [1.807, 2.05) is 23.2 Å². The largest absolute Gasteiger partial charge is 0.285 e. The Bertz CT molecular complexity index is 375. The highest BCUT2D eigenvalue weighted by Crippen LogP contribution is 2.37. The van der Waals surface area contributed by atoms with Crippen LogP contribution in [0.1, 0.15) is 17.9 Å². The zero-order valence-electron chi connectivity index (χ0n) is 7.16. The third-order valence-corrected chi connectivity index (χ3v) is 2.81. The van der Waals surface area contributed by atoms with Crippen molar-refractivity contribution in [2.75, 3.05) is 11.6 Å². The van der Waals surface area contributed by atoms with Crippen LogP contribution in [0.3, 0.4) is 0 Å². The van der Waals surface area contributed by atoms with Crippen molar-refractivity contribution in [1.82, 2.24) is 5.43 Å². The molecule has 1 unspecified atom stereocenters. The van der Waals surface area contributed by atoms with Gasteiger partial charge < -0.3 is 0 Å². The number of nitrogens with zero attached hydrogens (tertiary/aromatic N) is 1. The molecule has 0 saturated carbocycles. The van der Waals surface area contributed by atoms with Crippen molar-refractivity contribution in [2.24, 2.45) is 0 Å². The van der Waals surface area contributed by atoms with E-state index in [9.17, 15) is 4.79 Å². The van der Waals surface area contributed by atoms with E-state index >= 15 is 0 Å². The first kappa shape index (κ1) is 6.95. The maximum absolute atomic E-state index is 11.5. The second kappa shape index (κ2) is 2.25. The van der Waals surface area contributed by atoms with E-state index < -0.39 is 0 Å². The molecule has 3 nitrogen and oxygen atoms in total. The quantitative estimate of drug-likeness (QED) is 0.637. The van der Waals surface area contributed by atoms with Crippen molar-refractivity contribution < 1.29 is 4.79 Å². The number of rotatable bonds is 0. The van der Waals surface area contributed by atoms with Crippen LogP contribution in [0.4, 0.5) is 5.69 Å².